The summed E-state index contributed by atoms with van der Waals surface area (Å²) < 4.78 is 5.89. The summed E-state index contributed by atoms with van der Waals surface area (Å²) in [6.45, 7) is 9.88. The fourth-order valence-corrected chi connectivity index (χ4v) is 7.53. The number of benzene rings is 2. The molecule has 0 aromatic heterocycles. The molecule has 5 atom stereocenters. The molecule has 0 bridgehead atoms. The van der Waals surface area contributed by atoms with Crippen molar-refractivity contribution in [2.24, 2.45) is 17.8 Å². The Balaban J connectivity index is 1.47. The second-order valence-electron chi connectivity index (χ2n) is 16.3. The lowest BCUT2D eigenvalue weighted by atomic mass is 9.83. The average Bonchev–Trinajstić information content (AvgIpc) is 3.55. The molecule has 4 amide bonds. The van der Waals surface area contributed by atoms with Crippen molar-refractivity contribution in [3.8, 4) is 5.75 Å². The summed E-state index contributed by atoms with van der Waals surface area (Å²) in [6.07, 6.45) is 5.39. The summed E-state index contributed by atoms with van der Waals surface area (Å²) in [5.41, 5.74) is 2.80. The lowest BCUT2D eigenvalue weighted by Crippen LogP contribution is -2.57. The van der Waals surface area contributed by atoms with E-state index in [4.69, 9.17) is 9.84 Å². The van der Waals surface area contributed by atoms with Crippen LogP contribution in [0.2, 0.25) is 0 Å². The first-order valence-corrected chi connectivity index (χ1v) is 20.4. The molecular weight excluding hydrogens is 699 g/mol. The van der Waals surface area contributed by atoms with Crippen molar-refractivity contribution in [3.05, 3.63) is 65.2 Å². The Kier molecular flexibility index (Phi) is 17.9. The van der Waals surface area contributed by atoms with E-state index in [-0.39, 0.29) is 55.4 Å². The Hall–Kier alpha value is -4.00. The van der Waals surface area contributed by atoms with Gasteiger partial charge in [-0.25, -0.2) is 0 Å². The SMILES string of the molecule is CC(C)CNC(=O)C[C@H](O)[C@H](CC1CCCCC1)NC(=O)[C@H](CC(C)C)NC(=O)[C@H](Cc1ccccc1)NC(=O)CC1COc2ccc(CNCCO)cc21. The lowest BCUT2D eigenvalue weighted by molar-refractivity contribution is -0.133. The van der Waals surface area contributed by atoms with Gasteiger partial charge in [0.15, 0.2) is 0 Å². The Bertz CT molecular complexity index is 1510. The Morgan fingerprint density at radius 2 is 1.56 bits per heavy atom. The third-order valence-corrected chi connectivity index (χ3v) is 10.5. The topological polar surface area (TPSA) is 178 Å². The number of hydrogen-bond acceptors (Lipinski definition) is 8. The molecule has 2 aromatic carbocycles. The molecule has 7 N–H and O–H groups in total. The van der Waals surface area contributed by atoms with Crippen molar-refractivity contribution in [1.82, 2.24) is 26.6 Å². The van der Waals surface area contributed by atoms with Gasteiger partial charge < -0.3 is 41.5 Å². The van der Waals surface area contributed by atoms with E-state index >= 15 is 0 Å². The number of rotatable bonds is 22. The number of nitrogens with one attached hydrogen (secondary N) is 5. The minimum absolute atomic E-state index is 0.0420. The van der Waals surface area contributed by atoms with E-state index < -0.39 is 36.0 Å². The van der Waals surface area contributed by atoms with E-state index in [1.807, 2.05) is 76.2 Å². The van der Waals surface area contributed by atoms with Gasteiger partial charge >= 0.3 is 0 Å². The fraction of sp³-hybridized carbons (Fsp3) is 0.628. The van der Waals surface area contributed by atoms with Crippen LogP contribution in [0.15, 0.2) is 48.5 Å². The monoisotopic (exact) mass is 763 g/mol. The maximum absolute atomic E-state index is 14.1. The molecule has 1 heterocycles. The third kappa shape index (κ3) is 14.9. The molecule has 1 saturated carbocycles. The van der Waals surface area contributed by atoms with Crippen LogP contribution in [0.5, 0.6) is 5.75 Å². The highest BCUT2D eigenvalue weighted by molar-refractivity contribution is 5.92. The van der Waals surface area contributed by atoms with Gasteiger partial charge in [0, 0.05) is 44.0 Å². The molecule has 1 aliphatic heterocycles. The normalized spacial score (nSPS) is 17.8. The molecule has 12 heteroatoms. The van der Waals surface area contributed by atoms with Gasteiger partial charge in [-0.15, -0.1) is 0 Å². The Labute approximate surface area is 327 Å². The van der Waals surface area contributed by atoms with Crippen molar-refractivity contribution < 1.29 is 34.1 Å². The predicted molar refractivity (Wildman–Crippen MR) is 213 cm³/mol. The van der Waals surface area contributed by atoms with E-state index in [0.29, 0.717) is 45.0 Å². The zero-order chi connectivity index (χ0) is 39.7. The van der Waals surface area contributed by atoms with Crippen molar-refractivity contribution in [3.63, 3.8) is 0 Å². The number of fused-ring (bicyclic) bond motifs is 1. The predicted octanol–water partition coefficient (Wildman–Crippen LogP) is 3.87. The van der Waals surface area contributed by atoms with Gasteiger partial charge in [0.25, 0.3) is 0 Å². The highest BCUT2D eigenvalue weighted by Crippen LogP contribution is 2.36. The van der Waals surface area contributed by atoms with E-state index in [1.54, 1.807) is 0 Å². The molecule has 1 unspecified atom stereocenters. The first-order valence-electron chi connectivity index (χ1n) is 20.4. The minimum atomic E-state index is -1.09. The molecule has 55 heavy (non-hydrogen) atoms. The second-order valence-corrected chi connectivity index (χ2v) is 16.3. The smallest absolute Gasteiger partial charge is 0.243 e. The Morgan fingerprint density at radius 1 is 0.836 bits per heavy atom. The van der Waals surface area contributed by atoms with Crippen LogP contribution >= 0.6 is 0 Å². The third-order valence-electron chi connectivity index (χ3n) is 10.5. The zero-order valence-electron chi connectivity index (χ0n) is 33.3. The fourth-order valence-electron chi connectivity index (χ4n) is 7.53. The minimum Gasteiger partial charge on any atom is -0.493 e. The first kappa shape index (κ1) is 43.7. The van der Waals surface area contributed by atoms with Crippen molar-refractivity contribution in [2.75, 3.05) is 26.3 Å². The van der Waals surface area contributed by atoms with Gasteiger partial charge in [0.2, 0.25) is 23.6 Å². The van der Waals surface area contributed by atoms with Crippen LogP contribution < -0.4 is 31.3 Å². The van der Waals surface area contributed by atoms with Gasteiger partial charge in [-0.3, -0.25) is 19.2 Å². The molecule has 304 valence electrons. The zero-order valence-corrected chi connectivity index (χ0v) is 33.3. The molecule has 12 nitrogen and oxygen atoms in total. The molecule has 2 aromatic rings. The number of carbonyl (C=O) groups is 4. The summed E-state index contributed by atoms with van der Waals surface area (Å²) >= 11 is 0. The summed E-state index contributed by atoms with van der Waals surface area (Å²) in [6, 6.07) is 12.8. The van der Waals surface area contributed by atoms with E-state index in [0.717, 1.165) is 48.1 Å². The maximum atomic E-state index is 14.1. The Morgan fingerprint density at radius 3 is 2.25 bits per heavy atom. The van der Waals surface area contributed by atoms with Crippen molar-refractivity contribution in [2.45, 2.75) is 129 Å². The van der Waals surface area contributed by atoms with Crippen molar-refractivity contribution >= 4 is 23.6 Å². The molecular formula is C43H65N5O7. The summed E-state index contributed by atoms with van der Waals surface area (Å²) in [4.78, 5) is 54.6. The molecule has 0 saturated heterocycles. The van der Waals surface area contributed by atoms with Gasteiger partial charge in [-0.05, 0) is 47.8 Å². The lowest BCUT2D eigenvalue weighted by Gasteiger charge is -2.32. The van der Waals surface area contributed by atoms with Gasteiger partial charge in [0.1, 0.15) is 17.8 Å². The summed E-state index contributed by atoms with van der Waals surface area (Å²) in [7, 11) is 0. The molecule has 1 fully saturated rings. The number of carbonyl (C=O) groups excluding carboxylic acids is 4. The molecule has 0 radical (unpaired) electrons. The largest absolute Gasteiger partial charge is 0.493 e. The standard InChI is InChI=1S/C43H65N5O7/c1-28(2)19-36(42(53)47-35(21-30-11-7-5-8-12-30)38(50)24-40(51)45-25-29(3)4)48-43(54)37(22-31-13-9-6-10-14-31)46-41(52)23-33-27-55-39-16-15-32(20-34(33)39)26-44-17-18-49/h6,9-10,13-16,20,28-30,33,35-38,44,49-50H,5,7-8,11-12,17-19,21-27H2,1-4H3,(H,45,51)(H,46,52)(H,47,53)(H,48,54)/t33?,35-,36-,37-,38-/m0/s1. The van der Waals surface area contributed by atoms with E-state index in [9.17, 15) is 24.3 Å². The van der Waals surface area contributed by atoms with Crippen LogP contribution in [0.1, 0.15) is 108 Å². The first-order chi connectivity index (χ1) is 26.4. The average molecular weight is 764 g/mol. The number of ether oxygens (including phenoxy) is 1. The van der Waals surface area contributed by atoms with Crippen LogP contribution in [0.3, 0.4) is 0 Å². The van der Waals surface area contributed by atoms with Gasteiger partial charge in [-0.2, -0.15) is 0 Å². The highest BCUT2D eigenvalue weighted by atomic mass is 16.5. The summed E-state index contributed by atoms with van der Waals surface area (Å²) in [5.74, 6) is -0.302. The van der Waals surface area contributed by atoms with Crippen LogP contribution in [0.4, 0.5) is 0 Å². The maximum Gasteiger partial charge on any atom is 0.243 e. The molecule has 4 rings (SSSR count). The van der Waals surface area contributed by atoms with Crippen LogP contribution in [-0.4, -0.2) is 84.4 Å². The van der Waals surface area contributed by atoms with Crippen LogP contribution in [-0.2, 0) is 32.1 Å². The quantitative estimate of drug-likeness (QED) is 0.0885. The number of amides is 4. The molecule has 1 aliphatic carbocycles. The van der Waals surface area contributed by atoms with E-state index in [2.05, 4.69) is 26.6 Å². The number of aliphatic hydroxyl groups is 2. The second kappa shape index (κ2) is 22.5. The summed E-state index contributed by atoms with van der Waals surface area (Å²) in [5, 5.41) is 35.5. The molecule has 0 spiro atoms. The van der Waals surface area contributed by atoms with Crippen LogP contribution in [0, 0.1) is 17.8 Å². The van der Waals surface area contributed by atoms with Crippen molar-refractivity contribution in [1.29, 1.82) is 0 Å². The number of hydrogen-bond donors (Lipinski definition) is 7. The highest BCUT2D eigenvalue weighted by Gasteiger charge is 2.34. The number of aliphatic hydroxyl groups excluding tert-OH is 2. The van der Waals surface area contributed by atoms with Crippen LogP contribution in [0.25, 0.3) is 0 Å². The van der Waals surface area contributed by atoms with Gasteiger partial charge in [-0.1, -0.05) is 102 Å². The molecule has 2 aliphatic rings. The van der Waals surface area contributed by atoms with Gasteiger partial charge in [0.05, 0.1) is 31.8 Å². The van der Waals surface area contributed by atoms with E-state index in [1.165, 1.54) is 6.42 Å².